The number of esters is 1. The number of rotatable bonds is 7. The standard InChI is InChI=1S/C16H16BrNO5S2/c1-10-3-4-12(7-11(10)2)25(21,22)18-8-16(20)23-9-13(19)14-5-6-15(17)24-14/h3-7,18H,8-9H2,1-2H3. The fourth-order valence-electron chi connectivity index (χ4n) is 1.85. The van der Waals surface area contributed by atoms with Gasteiger partial charge >= 0.3 is 5.97 Å². The first-order valence-corrected chi connectivity index (χ1v) is 10.3. The molecule has 0 unspecified atom stereocenters. The molecule has 134 valence electrons. The van der Waals surface area contributed by atoms with Gasteiger partial charge in [0.25, 0.3) is 0 Å². The molecule has 0 aliphatic carbocycles. The summed E-state index contributed by atoms with van der Waals surface area (Å²) in [5, 5.41) is 0. The van der Waals surface area contributed by atoms with Crippen molar-refractivity contribution in [3.05, 3.63) is 50.1 Å². The summed E-state index contributed by atoms with van der Waals surface area (Å²) in [6, 6.07) is 8.03. The summed E-state index contributed by atoms with van der Waals surface area (Å²) >= 11 is 4.47. The van der Waals surface area contributed by atoms with Gasteiger partial charge in [-0.2, -0.15) is 4.72 Å². The summed E-state index contributed by atoms with van der Waals surface area (Å²) in [6.07, 6.45) is 0. The molecule has 0 spiro atoms. The van der Waals surface area contributed by atoms with E-state index in [1.165, 1.54) is 23.5 Å². The molecule has 25 heavy (non-hydrogen) atoms. The van der Waals surface area contributed by atoms with Crippen LogP contribution in [0.5, 0.6) is 0 Å². The monoisotopic (exact) mass is 445 g/mol. The van der Waals surface area contributed by atoms with Crippen LogP contribution in [0, 0.1) is 13.8 Å². The van der Waals surface area contributed by atoms with Gasteiger partial charge in [-0.05, 0) is 65.2 Å². The fraction of sp³-hybridized carbons (Fsp3) is 0.250. The van der Waals surface area contributed by atoms with Crippen LogP contribution in [0.4, 0.5) is 0 Å². The maximum atomic E-state index is 12.2. The van der Waals surface area contributed by atoms with Gasteiger partial charge in [0.1, 0.15) is 6.54 Å². The number of nitrogens with one attached hydrogen (secondary N) is 1. The van der Waals surface area contributed by atoms with Gasteiger partial charge in [-0.1, -0.05) is 6.07 Å². The Morgan fingerprint density at radius 1 is 1.16 bits per heavy atom. The largest absolute Gasteiger partial charge is 0.456 e. The number of ether oxygens (including phenoxy) is 1. The first kappa shape index (κ1) is 19.8. The van der Waals surface area contributed by atoms with E-state index >= 15 is 0 Å². The van der Waals surface area contributed by atoms with Crippen molar-refractivity contribution in [2.75, 3.05) is 13.2 Å². The number of thiophene rings is 1. The summed E-state index contributed by atoms with van der Waals surface area (Å²) in [7, 11) is -3.82. The van der Waals surface area contributed by atoms with Gasteiger partial charge in [0.05, 0.1) is 13.6 Å². The Kier molecular flexibility index (Phi) is 6.50. The van der Waals surface area contributed by atoms with Crippen molar-refractivity contribution in [2.45, 2.75) is 18.7 Å². The Morgan fingerprint density at radius 2 is 1.88 bits per heavy atom. The summed E-state index contributed by atoms with van der Waals surface area (Å²) < 4.78 is 32.1. The highest BCUT2D eigenvalue weighted by atomic mass is 79.9. The summed E-state index contributed by atoms with van der Waals surface area (Å²) in [5.41, 5.74) is 1.80. The van der Waals surface area contributed by atoms with Crippen LogP contribution in [0.15, 0.2) is 39.0 Å². The molecule has 6 nitrogen and oxygen atoms in total. The molecular weight excluding hydrogens is 430 g/mol. The van der Waals surface area contributed by atoms with Crippen LogP contribution < -0.4 is 4.72 Å². The first-order valence-electron chi connectivity index (χ1n) is 7.20. The van der Waals surface area contributed by atoms with E-state index in [0.717, 1.165) is 14.9 Å². The van der Waals surface area contributed by atoms with Crippen molar-refractivity contribution < 1.29 is 22.7 Å². The number of hydrogen-bond acceptors (Lipinski definition) is 6. The van der Waals surface area contributed by atoms with Gasteiger partial charge in [0.15, 0.2) is 6.61 Å². The zero-order valence-electron chi connectivity index (χ0n) is 13.5. The Hall–Kier alpha value is -1.55. The lowest BCUT2D eigenvalue weighted by molar-refractivity contribution is -0.141. The molecule has 1 aromatic carbocycles. The maximum absolute atomic E-state index is 12.2. The SMILES string of the molecule is Cc1ccc(S(=O)(=O)NCC(=O)OCC(=O)c2ccc(Br)s2)cc1C. The average Bonchev–Trinajstić information content (AvgIpc) is 2.99. The Labute approximate surface area is 158 Å². The van der Waals surface area contributed by atoms with Gasteiger partial charge in [-0.3, -0.25) is 9.59 Å². The molecule has 0 aliphatic rings. The van der Waals surface area contributed by atoms with Gasteiger partial charge in [-0.15, -0.1) is 11.3 Å². The van der Waals surface area contributed by atoms with Crippen LogP contribution in [0.3, 0.4) is 0 Å². The minimum absolute atomic E-state index is 0.0721. The predicted molar refractivity (Wildman–Crippen MR) is 98.4 cm³/mol. The summed E-state index contributed by atoms with van der Waals surface area (Å²) in [6.45, 7) is 2.70. The molecule has 0 aliphatic heterocycles. The molecule has 0 radical (unpaired) electrons. The van der Waals surface area contributed by atoms with Crippen LogP contribution in [0.25, 0.3) is 0 Å². The van der Waals surface area contributed by atoms with E-state index in [9.17, 15) is 18.0 Å². The van der Waals surface area contributed by atoms with Crippen LogP contribution in [0.2, 0.25) is 0 Å². The zero-order valence-corrected chi connectivity index (χ0v) is 16.8. The third-order valence-electron chi connectivity index (χ3n) is 3.41. The molecule has 2 rings (SSSR count). The second-order valence-electron chi connectivity index (χ2n) is 5.26. The molecule has 9 heteroatoms. The van der Waals surface area contributed by atoms with Crippen molar-refractivity contribution in [3.8, 4) is 0 Å². The van der Waals surface area contributed by atoms with Crippen LogP contribution in [-0.2, 0) is 19.6 Å². The first-order chi connectivity index (χ1) is 11.7. The normalized spacial score (nSPS) is 11.3. The highest BCUT2D eigenvalue weighted by Gasteiger charge is 2.18. The van der Waals surface area contributed by atoms with Gasteiger partial charge < -0.3 is 4.74 Å². The van der Waals surface area contributed by atoms with Crippen LogP contribution >= 0.6 is 27.3 Å². The lowest BCUT2D eigenvalue weighted by atomic mass is 10.1. The molecule has 0 amide bonds. The molecule has 1 N–H and O–H groups in total. The highest BCUT2D eigenvalue weighted by Crippen LogP contribution is 2.22. The van der Waals surface area contributed by atoms with Crippen molar-refractivity contribution in [1.82, 2.24) is 4.72 Å². The second-order valence-corrected chi connectivity index (χ2v) is 9.49. The van der Waals surface area contributed by atoms with E-state index in [4.69, 9.17) is 4.74 Å². The molecule has 1 heterocycles. The molecule has 0 atom stereocenters. The van der Waals surface area contributed by atoms with Gasteiger partial charge in [0, 0.05) is 0 Å². The average molecular weight is 446 g/mol. The van der Waals surface area contributed by atoms with Crippen molar-refractivity contribution in [2.24, 2.45) is 0 Å². The Balaban J connectivity index is 1.88. The number of carbonyl (C=O) groups excluding carboxylic acids is 2. The third kappa shape index (κ3) is 5.46. The Morgan fingerprint density at radius 3 is 2.48 bits per heavy atom. The smallest absolute Gasteiger partial charge is 0.321 e. The van der Waals surface area contributed by atoms with E-state index in [-0.39, 0.29) is 10.7 Å². The summed E-state index contributed by atoms with van der Waals surface area (Å²) in [5.74, 6) is -1.17. The zero-order chi connectivity index (χ0) is 18.6. The minimum Gasteiger partial charge on any atom is -0.456 e. The van der Waals surface area contributed by atoms with Crippen molar-refractivity contribution in [3.63, 3.8) is 0 Å². The summed E-state index contributed by atoms with van der Waals surface area (Å²) in [4.78, 5) is 24.0. The topological polar surface area (TPSA) is 89.5 Å². The van der Waals surface area contributed by atoms with E-state index in [1.54, 1.807) is 25.1 Å². The number of hydrogen-bond donors (Lipinski definition) is 1. The number of ketones is 1. The fourth-order valence-corrected chi connectivity index (χ4v) is 4.21. The number of aryl methyl sites for hydroxylation is 2. The molecule has 2 aromatic rings. The third-order valence-corrected chi connectivity index (χ3v) is 6.47. The number of benzene rings is 1. The molecular formula is C16H16BrNO5S2. The van der Waals surface area contributed by atoms with Crippen LogP contribution in [0.1, 0.15) is 20.8 Å². The van der Waals surface area contributed by atoms with E-state index in [1.807, 2.05) is 6.92 Å². The quantitative estimate of drug-likeness (QED) is 0.522. The van der Waals surface area contributed by atoms with Crippen molar-refractivity contribution in [1.29, 1.82) is 0 Å². The molecule has 0 saturated heterocycles. The maximum Gasteiger partial charge on any atom is 0.321 e. The van der Waals surface area contributed by atoms with Gasteiger partial charge in [-0.25, -0.2) is 8.42 Å². The van der Waals surface area contributed by atoms with E-state index in [0.29, 0.717) is 4.88 Å². The van der Waals surface area contributed by atoms with E-state index < -0.39 is 29.1 Å². The van der Waals surface area contributed by atoms with E-state index in [2.05, 4.69) is 20.7 Å². The van der Waals surface area contributed by atoms with Gasteiger partial charge in [0.2, 0.25) is 15.8 Å². The second kappa shape index (κ2) is 8.22. The lowest BCUT2D eigenvalue weighted by Gasteiger charge is -2.08. The highest BCUT2D eigenvalue weighted by molar-refractivity contribution is 9.11. The minimum atomic E-state index is -3.82. The predicted octanol–water partition coefficient (Wildman–Crippen LogP) is 2.83. The molecule has 1 aromatic heterocycles. The van der Waals surface area contributed by atoms with Crippen molar-refractivity contribution >= 4 is 49.0 Å². The molecule has 0 saturated carbocycles. The number of carbonyl (C=O) groups is 2. The number of halogens is 1. The molecule has 0 fully saturated rings. The molecule has 0 bridgehead atoms. The Bertz CT molecular complexity index is 905. The number of Topliss-reactive ketones (excluding diaryl/α,β-unsaturated/α-hetero) is 1. The van der Waals surface area contributed by atoms with Crippen LogP contribution in [-0.4, -0.2) is 33.3 Å². The lowest BCUT2D eigenvalue weighted by Crippen LogP contribution is -2.31. The number of sulfonamides is 1.